The first-order valence-corrected chi connectivity index (χ1v) is 8.93. The van der Waals surface area contributed by atoms with Crippen molar-refractivity contribution in [2.24, 2.45) is 0 Å². The third-order valence-electron chi connectivity index (χ3n) is 4.51. The molecule has 0 saturated heterocycles. The summed E-state index contributed by atoms with van der Waals surface area (Å²) in [5.41, 5.74) is -3.66. The number of rotatable bonds is 5. The summed E-state index contributed by atoms with van der Waals surface area (Å²) in [5, 5.41) is 13.1. The number of aromatic nitrogens is 4. The van der Waals surface area contributed by atoms with Gasteiger partial charge in [-0.1, -0.05) is 0 Å². The third-order valence-corrected chi connectivity index (χ3v) is 4.51. The Morgan fingerprint density at radius 3 is 2.63 bits per heavy atom. The van der Waals surface area contributed by atoms with Crippen molar-refractivity contribution in [2.75, 3.05) is 0 Å². The van der Waals surface area contributed by atoms with Crippen LogP contribution >= 0.6 is 0 Å². The van der Waals surface area contributed by atoms with E-state index >= 15 is 0 Å². The SMILES string of the molecule is C[C@H](NC(=O)[C@@H](n1c(=O)[nH]c2cnccc2c1=O)C(C)(C)O)c1ncc(F)cc1F. The molecule has 0 aromatic carbocycles. The zero-order valence-electron chi connectivity index (χ0n) is 16.3. The molecular formula is C19H19F2N5O4. The monoisotopic (exact) mass is 419 g/mol. The molecule has 3 heterocycles. The van der Waals surface area contributed by atoms with Crippen LogP contribution in [0.2, 0.25) is 0 Å². The van der Waals surface area contributed by atoms with E-state index in [0.717, 1.165) is 6.20 Å². The number of halogens is 2. The van der Waals surface area contributed by atoms with Gasteiger partial charge in [-0.15, -0.1) is 0 Å². The van der Waals surface area contributed by atoms with Crippen molar-refractivity contribution in [1.29, 1.82) is 0 Å². The maximum Gasteiger partial charge on any atom is 0.329 e. The Morgan fingerprint density at radius 1 is 1.30 bits per heavy atom. The van der Waals surface area contributed by atoms with Crippen LogP contribution in [0.4, 0.5) is 8.78 Å². The zero-order valence-corrected chi connectivity index (χ0v) is 16.3. The number of carbonyl (C=O) groups excluding carboxylic acids is 1. The average molecular weight is 419 g/mol. The van der Waals surface area contributed by atoms with Gasteiger partial charge in [0.05, 0.1) is 40.6 Å². The quantitative estimate of drug-likeness (QED) is 0.565. The molecule has 158 valence electrons. The first-order valence-electron chi connectivity index (χ1n) is 8.93. The largest absolute Gasteiger partial charge is 0.388 e. The lowest BCUT2D eigenvalue weighted by atomic mass is 9.97. The number of amides is 1. The smallest absolute Gasteiger partial charge is 0.329 e. The second-order valence-corrected chi connectivity index (χ2v) is 7.33. The lowest BCUT2D eigenvalue weighted by molar-refractivity contribution is -0.132. The Bertz CT molecular complexity index is 1230. The average Bonchev–Trinajstić information content (AvgIpc) is 2.63. The van der Waals surface area contributed by atoms with Crippen LogP contribution in [0, 0.1) is 11.6 Å². The van der Waals surface area contributed by atoms with E-state index in [4.69, 9.17) is 0 Å². The van der Waals surface area contributed by atoms with Crippen LogP contribution in [0.3, 0.4) is 0 Å². The van der Waals surface area contributed by atoms with Crippen LogP contribution in [0.25, 0.3) is 10.9 Å². The summed E-state index contributed by atoms with van der Waals surface area (Å²) in [6, 6.07) is -0.714. The molecule has 0 unspecified atom stereocenters. The Labute approximate surface area is 168 Å². The second kappa shape index (κ2) is 7.75. The van der Waals surface area contributed by atoms with Crippen LogP contribution < -0.4 is 16.6 Å². The van der Waals surface area contributed by atoms with Gasteiger partial charge in [0.1, 0.15) is 17.7 Å². The maximum atomic E-state index is 14.0. The lowest BCUT2D eigenvalue weighted by Crippen LogP contribution is -2.53. The summed E-state index contributed by atoms with van der Waals surface area (Å²) >= 11 is 0. The molecule has 30 heavy (non-hydrogen) atoms. The molecule has 1 amide bonds. The van der Waals surface area contributed by atoms with Gasteiger partial charge in [0.2, 0.25) is 5.91 Å². The number of nitrogens with zero attached hydrogens (tertiary/aromatic N) is 3. The number of pyridine rings is 2. The molecule has 9 nitrogen and oxygen atoms in total. The number of aromatic amines is 1. The molecule has 3 aromatic heterocycles. The molecule has 0 bridgehead atoms. The van der Waals surface area contributed by atoms with Crippen molar-refractivity contribution < 1.29 is 18.7 Å². The van der Waals surface area contributed by atoms with Gasteiger partial charge in [-0.2, -0.15) is 0 Å². The minimum Gasteiger partial charge on any atom is -0.388 e. The fourth-order valence-corrected chi connectivity index (χ4v) is 3.17. The van der Waals surface area contributed by atoms with Crippen LogP contribution in [0.1, 0.15) is 38.5 Å². The molecule has 0 saturated carbocycles. The zero-order chi connectivity index (χ0) is 22.2. The lowest BCUT2D eigenvalue weighted by Gasteiger charge is -2.30. The Hall–Kier alpha value is -3.47. The van der Waals surface area contributed by atoms with Crippen molar-refractivity contribution in [3.8, 4) is 0 Å². The molecule has 11 heteroatoms. The normalized spacial score (nSPS) is 13.8. The van der Waals surface area contributed by atoms with Crippen LogP contribution in [0.15, 0.2) is 40.3 Å². The van der Waals surface area contributed by atoms with Gasteiger partial charge in [0.25, 0.3) is 5.56 Å². The molecule has 3 rings (SSSR count). The molecule has 2 atom stereocenters. The third kappa shape index (κ3) is 3.96. The predicted octanol–water partition coefficient (Wildman–Crippen LogP) is 0.947. The van der Waals surface area contributed by atoms with E-state index in [-0.39, 0.29) is 16.6 Å². The predicted molar refractivity (Wildman–Crippen MR) is 103 cm³/mol. The molecular weight excluding hydrogens is 400 g/mol. The summed E-state index contributed by atoms with van der Waals surface area (Å²) in [5.74, 6) is -2.79. The van der Waals surface area contributed by atoms with E-state index in [0.29, 0.717) is 10.6 Å². The van der Waals surface area contributed by atoms with Gasteiger partial charge in [0.15, 0.2) is 0 Å². The number of fused-ring (bicyclic) bond motifs is 1. The van der Waals surface area contributed by atoms with E-state index in [1.54, 1.807) is 0 Å². The number of hydrogen-bond donors (Lipinski definition) is 3. The fraction of sp³-hybridized carbons (Fsp3) is 0.316. The van der Waals surface area contributed by atoms with Crippen molar-refractivity contribution in [3.63, 3.8) is 0 Å². The minimum absolute atomic E-state index is 0.0888. The van der Waals surface area contributed by atoms with Crippen LogP contribution in [-0.2, 0) is 4.79 Å². The highest BCUT2D eigenvalue weighted by Crippen LogP contribution is 2.23. The summed E-state index contributed by atoms with van der Waals surface area (Å²) in [6.07, 6.45) is 3.42. The second-order valence-electron chi connectivity index (χ2n) is 7.33. The van der Waals surface area contributed by atoms with E-state index in [1.165, 1.54) is 39.2 Å². The Balaban J connectivity index is 2.06. The van der Waals surface area contributed by atoms with E-state index < -0.39 is 46.5 Å². The van der Waals surface area contributed by atoms with E-state index in [9.17, 15) is 28.3 Å². The van der Waals surface area contributed by atoms with Gasteiger partial charge < -0.3 is 15.4 Å². The van der Waals surface area contributed by atoms with Crippen LogP contribution in [-0.4, -0.2) is 36.1 Å². The summed E-state index contributed by atoms with van der Waals surface area (Å²) < 4.78 is 27.7. The first-order chi connectivity index (χ1) is 14.0. The fourth-order valence-electron chi connectivity index (χ4n) is 3.17. The van der Waals surface area contributed by atoms with Crippen molar-refractivity contribution in [1.82, 2.24) is 24.8 Å². The van der Waals surface area contributed by atoms with Crippen LogP contribution in [0.5, 0.6) is 0 Å². The van der Waals surface area contributed by atoms with Gasteiger partial charge in [-0.05, 0) is 26.8 Å². The highest BCUT2D eigenvalue weighted by atomic mass is 19.1. The minimum atomic E-state index is -1.85. The molecule has 0 aliphatic carbocycles. The van der Waals surface area contributed by atoms with Gasteiger partial charge in [0, 0.05) is 12.3 Å². The highest BCUT2D eigenvalue weighted by molar-refractivity contribution is 5.83. The maximum absolute atomic E-state index is 14.0. The van der Waals surface area contributed by atoms with E-state index in [2.05, 4.69) is 20.3 Å². The van der Waals surface area contributed by atoms with Gasteiger partial charge in [-0.25, -0.2) is 18.1 Å². The molecule has 0 aliphatic heterocycles. The van der Waals surface area contributed by atoms with Gasteiger partial charge >= 0.3 is 5.69 Å². The van der Waals surface area contributed by atoms with Crippen molar-refractivity contribution in [3.05, 3.63) is 68.9 Å². The first kappa shape index (κ1) is 21.2. The summed E-state index contributed by atoms with van der Waals surface area (Å²) in [7, 11) is 0. The number of hydrogen-bond acceptors (Lipinski definition) is 6. The Kier molecular flexibility index (Phi) is 5.49. The molecule has 0 spiro atoms. The summed E-state index contributed by atoms with van der Waals surface area (Å²) in [4.78, 5) is 48.3. The molecule has 0 fully saturated rings. The van der Waals surface area contributed by atoms with Crippen molar-refractivity contribution in [2.45, 2.75) is 38.5 Å². The summed E-state index contributed by atoms with van der Waals surface area (Å²) in [6.45, 7) is 3.89. The Morgan fingerprint density at radius 2 is 2.00 bits per heavy atom. The molecule has 0 aliphatic rings. The van der Waals surface area contributed by atoms with E-state index in [1.807, 2.05) is 0 Å². The number of H-pyrrole nitrogens is 1. The highest BCUT2D eigenvalue weighted by Gasteiger charge is 2.38. The molecule has 0 radical (unpaired) electrons. The molecule has 3 N–H and O–H groups in total. The topological polar surface area (TPSA) is 130 Å². The number of aliphatic hydroxyl groups is 1. The number of carbonyl (C=O) groups is 1. The molecule has 3 aromatic rings. The van der Waals surface area contributed by atoms with Gasteiger partial charge in [-0.3, -0.25) is 19.6 Å². The van der Waals surface area contributed by atoms with Crippen molar-refractivity contribution >= 4 is 16.8 Å². The standard InChI is InChI=1S/C19H19F2N5O4/c1-9(14-12(21)6-10(20)7-23-14)24-16(27)15(19(2,3)30)26-17(28)11-4-5-22-8-13(11)25-18(26)29/h4-9,15,30H,1-3H3,(H,24,27)(H,25,29)/t9-,15+/m0/s1. The number of nitrogens with one attached hydrogen (secondary N) is 2.